The van der Waals surface area contributed by atoms with Crippen LogP contribution in [0.25, 0.3) is 0 Å². The Kier molecular flexibility index (Phi) is 20.5. The van der Waals surface area contributed by atoms with E-state index in [1.807, 2.05) is 48.5 Å². The number of pyridine rings is 1. The van der Waals surface area contributed by atoms with Gasteiger partial charge in [-0.15, -0.1) is 0 Å². The van der Waals surface area contributed by atoms with Gasteiger partial charge in [0.1, 0.15) is 18.1 Å². The van der Waals surface area contributed by atoms with Crippen molar-refractivity contribution in [1.82, 2.24) is 36.9 Å². The van der Waals surface area contributed by atoms with Crippen molar-refractivity contribution >= 4 is 35.5 Å². The number of nitrogens with zero attached hydrogens (tertiary/aromatic N) is 1. The topological polar surface area (TPSA) is 208 Å². The van der Waals surface area contributed by atoms with E-state index in [-0.39, 0.29) is 67.3 Å². The molecule has 0 spiro atoms. The number of carbonyl (C=O) groups excluding carboxylic acids is 5. The Bertz CT molecular complexity index is 1230. The fourth-order valence-electron chi connectivity index (χ4n) is 5.26. The summed E-state index contributed by atoms with van der Waals surface area (Å²) in [5.41, 5.74) is 0.892. The van der Waals surface area contributed by atoms with E-state index in [1.54, 1.807) is 31.5 Å². The monoisotopic (exact) mass is 703 g/mol. The van der Waals surface area contributed by atoms with Crippen molar-refractivity contribution in [3.8, 4) is 0 Å². The minimum absolute atomic E-state index is 0.0244. The summed E-state index contributed by atoms with van der Waals surface area (Å²) >= 11 is 0. The highest BCUT2D eigenvalue weighted by Gasteiger charge is 2.31. The number of hydrogen-bond donors (Lipinski definition) is 7. The molecule has 0 radical (unpaired) electrons. The van der Waals surface area contributed by atoms with Gasteiger partial charge < -0.3 is 37.0 Å². The number of carboxylic acids is 1. The Hall–Kier alpha value is -4.07. The Balaban J connectivity index is 2.88. The van der Waals surface area contributed by atoms with Gasteiger partial charge in [-0.1, -0.05) is 61.3 Å². The fourth-order valence-corrected chi connectivity index (χ4v) is 5.26. The number of carboxylic acid groups (broad SMARTS) is 1. The lowest BCUT2D eigenvalue weighted by atomic mass is 9.97. The Morgan fingerprint density at radius 1 is 0.780 bits per heavy atom. The summed E-state index contributed by atoms with van der Waals surface area (Å²) in [6.45, 7) is 15.7. The first-order valence-electron chi connectivity index (χ1n) is 17.9. The quantitative estimate of drug-likeness (QED) is 0.0843. The highest BCUT2D eigenvalue weighted by atomic mass is 16.4. The van der Waals surface area contributed by atoms with Crippen LogP contribution in [0.1, 0.15) is 106 Å². The molecule has 0 saturated carbocycles. The second kappa shape index (κ2) is 23.4. The molecule has 1 aromatic rings. The Morgan fingerprint density at radius 2 is 1.44 bits per heavy atom. The summed E-state index contributed by atoms with van der Waals surface area (Å²) in [6.07, 6.45) is 5.47. The van der Waals surface area contributed by atoms with Crippen LogP contribution in [0.4, 0.5) is 0 Å². The SMILES string of the molecule is CCC[C@H](NC(=O)[C@@H](NC(=O)CCCC(=O)O)[C@@H](C)CC)C(=O)NC(CN[C@@H](C)C(=O)N[C@H](C(=O)NCc1ccncc1)C(C)C)CC(C)C. The number of aliphatic carboxylic acids is 1. The average molecular weight is 704 g/mol. The van der Waals surface area contributed by atoms with Crippen LogP contribution in [-0.2, 0) is 35.3 Å². The zero-order chi connectivity index (χ0) is 37.8. The minimum Gasteiger partial charge on any atom is -0.481 e. The largest absolute Gasteiger partial charge is 0.481 e. The molecule has 0 saturated heterocycles. The van der Waals surface area contributed by atoms with E-state index in [9.17, 15) is 28.8 Å². The molecule has 0 aliphatic carbocycles. The van der Waals surface area contributed by atoms with Gasteiger partial charge in [0.05, 0.1) is 6.04 Å². The number of carbonyl (C=O) groups is 6. The van der Waals surface area contributed by atoms with E-state index in [0.29, 0.717) is 32.2 Å². The lowest BCUT2D eigenvalue weighted by molar-refractivity contribution is -0.137. The number of amides is 5. The summed E-state index contributed by atoms with van der Waals surface area (Å²) in [5, 5.41) is 26.4. The highest BCUT2D eigenvalue weighted by Crippen LogP contribution is 2.12. The summed E-state index contributed by atoms with van der Waals surface area (Å²) in [5.74, 6) is -3.08. The molecule has 0 aliphatic rings. The zero-order valence-corrected chi connectivity index (χ0v) is 31.1. The van der Waals surface area contributed by atoms with Crippen LogP contribution >= 0.6 is 0 Å². The number of nitrogens with one attached hydrogen (secondary N) is 6. The number of hydrogen-bond acceptors (Lipinski definition) is 8. The first kappa shape index (κ1) is 44.0. The molecule has 50 heavy (non-hydrogen) atoms. The van der Waals surface area contributed by atoms with Crippen molar-refractivity contribution in [2.24, 2.45) is 17.8 Å². The number of aromatic nitrogens is 1. The smallest absolute Gasteiger partial charge is 0.303 e. The van der Waals surface area contributed by atoms with Crippen molar-refractivity contribution in [2.45, 2.75) is 137 Å². The molecule has 1 unspecified atom stereocenters. The molecular weight excluding hydrogens is 642 g/mol. The van der Waals surface area contributed by atoms with Gasteiger partial charge in [-0.05, 0) is 61.6 Å². The molecule has 0 bridgehead atoms. The maximum absolute atomic E-state index is 13.6. The summed E-state index contributed by atoms with van der Waals surface area (Å²) < 4.78 is 0. The van der Waals surface area contributed by atoms with E-state index in [1.165, 1.54) is 0 Å². The van der Waals surface area contributed by atoms with Crippen LogP contribution in [0.15, 0.2) is 24.5 Å². The Labute approximate surface area is 297 Å². The highest BCUT2D eigenvalue weighted by molar-refractivity contribution is 5.92. The van der Waals surface area contributed by atoms with Gasteiger partial charge >= 0.3 is 5.97 Å². The maximum Gasteiger partial charge on any atom is 0.303 e. The summed E-state index contributed by atoms with van der Waals surface area (Å²) in [4.78, 5) is 80.4. The molecular formula is C36H61N7O7. The first-order valence-corrected chi connectivity index (χ1v) is 17.9. The zero-order valence-electron chi connectivity index (χ0n) is 31.1. The van der Waals surface area contributed by atoms with Gasteiger partial charge in [0, 0.05) is 44.4 Å². The van der Waals surface area contributed by atoms with E-state index in [0.717, 1.165) is 5.56 Å². The van der Waals surface area contributed by atoms with Gasteiger partial charge in [0.2, 0.25) is 29.5 Å². The number of rotatable bonds is 24. The van der Waals surface area contributed by atoms with E-state index >= 15 is 0 Å². The predicted octanol–water partition coefficient (Wildman–Crippen LogP) is 2.42. The van der Waals surface area contributed by atoms with Crippen LogP contribution in [0.3, 0.4) is 0 Å². The van der Waals surface area contributed by atoms with E-state index in [4.69, 9.17) is 5.11 Å². The lowest BCUT2D eigenvalue weighted by Gasteiger charge is -2.29. The molecule has 14 nitrogen and oxygen atoms in total. The molecule has 1 aromatic heterocycles. The van der Waals surface area contributed by atoms with Crippen LogP contribution in [0, 0.1) is 17.8 Å². The third-order valence-corrected chi connectivity index (χ3v) is 8.45. The Morgan fingerprint density at radius 3 is 2.00 bits per heavy atom. The van der Waals surface area contributed by atoms with Crippen molar-refractivity contribution in [1.29, 1.82) is 0 Å². The standard InChI is InChI=1S/C36H61N7O7/c1-9-12-28(41-36(50)32(24(7)10-2)42-29(44)13-11-14-30(45)46)34(48)40-27(19-22(3)4)21-38-25(8)33(47)43-31(23(5)6)35(49)39-20-26-15-17-37-18-16-26/h15-18,22-25,27-28,31-32,38H,9-14,19-21H2,1-8H3,(H,39,49)(H,40,48)(H,41,50)(H,42,44)(H,43,47)(H,45,46)/t24-,25-,27?,28-,31-,32-/m0/s1. The molecule has 0 aliphatic heterocycles. The minimum atomic E-state index is -0.997. The molecule has 5 amide bonds. The van der Waals surface area contributed by atoms with Crippen LogP contribution in [0.5, 0.6) is 0 Å². The third-order valence-electron chi connectivity index (χ3n) is 8.45. The molecule has 7 N–H and O–H groups in total. The molecule has 1 rings (SSSR count). The fraction of sp³-hybridized carbons (Fsp3) is 0.694. The van der Waals surface area contributed by atoms with Crippen LogP contribution in [-0.4, -0.2) is 82.3 Å². The van der Waals surface area contributed by atoms with Gasteiger partial charge in [0.25, 0.3) is 0 Å². The van der Waals surface area contributed by atoms with Crippen molar-refractivity contribution in [3.05, 3.63) is 30.1 Å². The molecule has 14 heteroatoms. The lowest BCUT2D eigenvalue weighted by Crippen LogP contribution is -2.58. The summed E-state index contributed by atoms with van der Waals surface area (Å²) in [6, 6.07) is 0.0967. The second-order valence-corrected chi connectivity index (χ2v) is 13.8. The maximum atomic E-state index is 13.6. The molecule has 6 atom stereocenters. The predicted molar refractivity (Wildman–Crippen MR) is 191 cm³/mol. The van der Waals surface area contributed by atoms with Crippen molar-refractivity contribution < 1.29 is 33.9 Å². The molecule has 0 fully saturated rings. The van der Waals surface area contributed by atoms with Crippen LogP contribution in [0.2, 0.25) is 0 Å². The van der Waals surface area contributed by atoms with E-state index in [2.05, 4.69) is 36.9 Å². The van der Waals surface area contributed by atoms with Gasteiger partial charge in [-0.25, -0.2) is 0 Å². The van der Waals surface area contributed by atoms with Gasteiger partial charge in [0.15, 0.2) is 0 Å². The average Bonchev–Trinajstić information content (AvgIpc) is 3.06. The van der Waals surface area contributed by atoms with Crippen LogP contribution < -0.4 is 31.9 Å². The normalized spacial score (nSPS) is 14.8. The third kappa shape index (κ3) is 17.0. The van der Waals surface area contributed by atoms with Crippen molar-refractivity contribution in [2.75, 3.05) is 6.54 Å². The van der Waals surface area contributed by atoms with Crippen molar-refractivity contribution in [3.63, 3.8) is 0 Å². The van der Waals surface area contributed by atoms with E-state index < -0.39 is 42.0 Å². The molecule has 0 aromatic carbocycles. The molecule has 282 valence electrons. The van der Waals surface area contributed by atoms with Gasteiger partial charge in [-0.3, -0.25) is 33.8 Å². The summed E-state index contributed by atoms with van der Waals surface area (Å²) in [7, 11) is 0. The first-order chi connectivity index (χ1) is 23.6. The second-order valence-electron chi connectivity index (χ2n) is 13.8. The van der Waals surface area contributed by atoms with Gasteiger partial charge in [-0.2, -0.15) is 0 Å². The molecule has 1 heterocycles.